The third kappa shape index (κ3) is 3.74. The van der Waals surface area contributed by atoms with Gasteiger partial charge in [0, 0.05) is 0 Å². The van der Waals surface area contributed by atoms with E-state index in [9.17, 15) is 5.11 Å². The number of methoxy groups -OCH3 is 1. The van der Waals surface area contributed by atoms with Gasteiger partial charge in [0.05, 0.1) is 13.2 Å². The molecule has 0 aliphatic heterocycles. The largest absolute Gasteiger partial charge is 0.497 e. The van der Waals surface area contributed by atoms with E-state index in [-0.39, 0.29) is 6.10 Å². The summed E-state index contributed by atoms with van der Waals surface area (Å²) >= 11 is 0. The number of hydrogen-bond donors (Lipinski definition) is 1. The van der Waals surface area contributed by atoms with Crippen molar-refractivity contribution in [2.75, 3.05) is 7.11 Å². The molecular formula is C16H26O2. The number of benzene rings is 1. The van der Waals surface area contributed by atoms with Crippen molar-refractivity contribution in [2.24, 2.45) is 5.92 Å². The predicted molar refractivity (Wildman–Crippen MR) is 76.0 cm³/mol. The van der Waals surface area contributed by atoms with Gasteiger partial charge < -0.3 is 9.84 Å². The van der Waals surface area contributed by atoms with Crippen LogP contribution in [0.1, 0.15) is 56.8 Å². The van der Waals surface area contributed by atoms with Crippen LogP contribution in [0.25, 0.3) is 0 Å². The van der Waals surface area contributed by atoms with E-state index in [1.54, 1.807) is 7.11 Å². The van der Waals surface area contributed by atoms with Crippen LogP contribution in [0.5, 0.6) is 5.75 Å². The minimum absolute atomic E-state index is 0.351. The van der Waals surface area contributed by atoms with Crippen LogP contribution in [0.3, 0.4) is 0 Å². The molecule has 1 unspecified atom stereocenters. The van der Waals surface area contributed by atoms with E-state index < -0.39 is 0 Å². The van der Waals surface area contributed by atoms with Crippen molar-refractivity contribution >= 4 is 0 Å². The van der Waals surface area contributed by atoms with E-state index in [0.29, 0.717) is 5.92 Å². The molecule has 0 radical (unpaired) electrons. The molecule has 2 heteroatoms. The highest BCUT2D eigenvalue weighted by atomic mass is 16.5. The fourth-order valence-corrected chi connectivity index (χ4v) is 2.56. The van der Waals surface area contributed by atoms with E-state index in [1.165, 1.54) is 0 Å². The highest BCUT2D eigenvalue weighted by molar-refractivity contribution is 5.36. The zero-order valence-electron chi connectivity index (χ0n) is 12.1. The molecule has 0 bridgehead atoms. The van der Waals surface area contributed by atoms with Crippen LogP contribution in [0.2, 0.25) is 0 Å². The zero-order valence-corrected chi connectivity index (χ0v) is 12.1. The van der Waals surface area contributed by atoms with Crippen LogP contribution in [0.4, 0.5) is 0 Å². The monoisotopic (exact) mass is 250 g/mol. The van der Waals surface area contributed by atoms with Gasteiger partial charge in [-0.05, 0) is 48.9 Å². The van der Waals surface area contributed by atoms with Gasteiger partial charge in [0.2, 0.25) is 0 Å². The Kier molecular flexibility index (Phi) is 6.20. The van der Waals surface area contributed by atoms with Crippen LogP contribution >= 0.6 is 0 Å². The Morgan fingerprint density at radius 1 is 1.17 bits per heavy atom. The lowest BCUT2D eigenvalue weighted by Gasteiger charge is -2.24. The Bertz CT molecular complexity index is 354. The van der Waals surface area contributed by atoms with Gasteiger partial charge in [0.1, 0.15) is 5.75 Å². The van der Waals surface area contributed by atoms with Crippen molar-refractivity contribution in [3.63, 3.8) is 0 Å². The maximum Gasteiger partial charge on any atom is 0.119 e. The zero-order chi connectivity index (χ0) is 13.5. The number of rotatable bonds is 7. The van der Waals surface area contributed by atoms with Crippen molar-refractivity contribution in [3.05, 3.63) is 29.3 Å². The third-order valence-electron chi connectivity index (χ3n) is 3.56. The maximum absolute atomic E-state index is 10.5. The second kappa shape index (κ2) is 7.42. The first-order valence-corrected chi connectivity index (χ1v) is 6.96. The molecule has 1 aromatic carbocycles. The number of aliphatic hydroxyl groups is 1. The summed E-state index contributed by atoms with van der Waals surface area (Å²) in [5, 5.41) is 10.5. The Morgan fingerprint density at radius 2 is 1.78 bits per heavy atom. The standard InChI is InChI=1S/C16H26O2/c1-5-7-13(8-6-2)16(17)15-10-9-14(18-4)11-12(15)3/h9-11,13,16-17H,5-8H2,1-4H3. The summed E-state index contributed by atoms with van der Waals surface area (Å²) in [6.45, 7) is 6.39. The average Bonchev–Trinajstić information content (AvgIpc) is 2.37. The number of aryl methyl sites for hydroxylation is 1. The van der Waals surface area contributed by atoms with Crippen LogP contribution in [-0.2, 0) is 0 Å². The average molecular weight is 250 g/mol. The second-order valence-electron chi connectivity index (χ2n) is 5.00. The van der Waals surface area contributed by atoms with E-state index in [1.807, 2.05) is 25.1 Å². The van der Waals surface area contributed by atoms with Crippen molar-refractivity contribution in [1.29, 1.82) is 0 Å². The molecule has 0 aromatic heterocycles. The molecule has 0 amide bonds. The molecular weight excluding hydrogens is 224 g/mol. The van der Waals surface area contributed by atoms with Crippen LogP contribution in [-0.4, -0.2) is 12.2 Å². The highest BCUT2D eigenvalue weighted by Crippen LogP contribution is 2.32. The van der Waals surface area contributed by atoms with Crippen molar-refractivity contribution < 1.29 is 9.84 Å². The first-order chi connectivity index (χ1) is 8.63. The van der Waals surface area contributed by atoms with Gasteiger partial charge in [0.25, 0.3) is 0 Å². The Hall–Kier alpha value is -1.02. The second-order valence-corrected chi connectivity index (χ2v) is 5.00. The molecule has 0 aliphatic rings. The van der Waals surface area contributed by atoms with Crippen LogP contribution in [0, 0.1) is 12.8 Å². The quantitative estimate of drug-likeness (QED) is 0.783. The molecule has 0 saturated heterocycles. The summed E-state index contributed by atoms with van der Waals surface area (Å²) in [6.07, 6.45) is 4.06. The molecule has 0 fully saturated rings. The third-order valence-corrected chi connectivity index (χ3v) is 3.56. The van der Waals surface area contributed by atoms with Gasteiger partial charge in [-0.25, -0.2) is 0 Å². The van der Waals surface area contributed by atoms with Gasteiger partial charge in [-0.1, -0.05) is 32.8 Å². The summed E-state index contributed by atoms with van der Waals surface area (Å²) < 4.78 is 5.20. The number of aliphatic hydroxyl groups excluding tert-OH is 1. The molecule has 18 heavy (non-hydrogen) atoms. The summed E-state index contributed by atoms with van der Waals surface area (Å²) in [5.41, 5.74) is 2.15. The van der Waals surface area contributed by atoms with Crippen LogP contribution in [0.15, 0.2) is 18.2 Å². The summed E-state index contributed by atoms with van der Waals surface area (Å²) in [4.78, 5) is 0. The lowest BCUT2D eigenvalue weighted by molar-refractivity contribution is 0.0958. The number of ether oxygens (including phenoxy) is 1. The normalized spacial score (nSPS) is 12.8. The summed E-state index contributed by atoms with van der Waals surface area (Å²) in [5.74, 6) is 1.22. The van der Waals surface area contributed by atoms with Crippen molar-refractivity contribution in [2.45, 2.75) is 52.6 Å². The molecule has 2 nitrogen and oxygen atoms in total. The Balaban J connectivity index is 2.89. The molecule has 1 aromatic rings. The van der Waals surface area contributed by atoms with Crippen LogP contribution < -0.4 is 4.74 Å². The van der Waals surface area contributed by atoms with Gasteiger partial charge >= 0.3 is 0 Å². The van der Waals surface area contributed by atoms with E-state index in [4.69, 9.17) is 4.74 Å². The molecule has 1 atom stereocenters. The van der Waals surface area contributed by atoms with E-state index in [0.717, 1.165) is 42.6 Å². The molecule has 0 heterocycles. The van der Waals surface area contributed by atoms with Gasteiger partial charge in [-0.3, -0.25) is 0 Å². The highest BCUT2D eigenvalue weighted by Gasteiger charge is 2.21. The first-order valence-electron chi connectivity index (χ1n) is 6.96. The topological polar surface area (TPSA) is 29.5 Å². The predicted octanol–water partition coefficient (Wildman–Crippen LogP) is 4.25. The maximum atomic E-state index is 10.5. The molecule has 1 N–H and O–H groups in total. The van der Waals surface area contributed by atoms with Gasteiger partial charge in [0.15, 0.2) is 0 Å². The minimum Gasteiger partial charge on any atom is -0.497 e. The van der Waals surface area contributed by atoms with Gasteiger partial charge in [-0.15, -0.1) is 0 Å². The summed E-state index contributed by atoms with van der Waals surface area (Å²) in [6, 6.07) is 5.92. The number of hydrogen-bond acceptors (Lipinski definition) is 2. The lowest BCUT2D eigenvalue weighted by atomic mass is 9.86. The van der Waals surface area contributed by atoms with Crippen molar-refractivity contribution in [3.8, 4) is 5.75 Å². The smallest absolute Gasteiger partial charge is 0.119 e. The van der Waals surface area contributed by atoms with E-state index in [2.05, 4.69) is 13.8 Å². The molecule has 0 saturated carbocycles. The fraction of sp³-hybridized carbons (Fsp3) is 0.625. The molecule has 0 spiro atoms. The van der Waals surface area contributed by atoms with E-state index >= 15 is 0 Å². The lowest BCUT2D eigenvalue weighted by Crippen LogP contribution is -2.13. The summed E-state index contributed by atoms with van der Waals surface area (Å²) in [7, 11) is 1.67. The molecule has 0 aliphatic carbocycles. The SMILES string of the molecule is CCCC(CCC)C(O)c1ccc(OC)cc1C. The van der Waals surface area contributed by atoms with Crippen molar-refractivity contribution in [1.82, 2.24) is 0 Å². The first kappa shape index (κ1) is 15.0. The van der Waals surface area contributed by atoms with Gasteiger partial charge in [-0.2, -0.15) is 0 Å². The fourth-order valence-electron chi connectivity index (χ4n) is 2.56. The molecule has 1 rings (SSSR count). The Morgan fingerprint density at radius 3 is 2.22 bits per heavy atom. The molecule has 102 valence electrons. The Labute approximate surface area is 111 Å². The minimum atomic E-state index is -0.351.